The van der Waals surface area contributed by atoms with Crippen LogP contribution in [0.3, 0.4) is 0 Å². The second-order valence-electron chi connectivity index (χ2n) is 5.39. The lowest BCUT2D eigenvalue weighted by molar-refractivity contribution is -0.126. The third-order valence-corrected chi connectivity index (χ3v) is 5.15. The lowest BCUT2D eigenvalue weighted by atomic mass is 9.94. The molecule has 0 radical (unpaired) electrons. The number of carbonyl (C=O) groups excluding carboxylic acids is 1. The second-order valence-corrected chi connectivity index (χ2v) is 7.14. The Labute approximate surface area is 129 Å². The number of hydrogen-bond acceptors (Lipinski definition) is 4. The molecular weight excluding hydrogens is 294 g/mol. The van der Waals surface area contributed by atoms with Crippen LogP contribution in [0, 0.1) is 5.92 Å². The zero-order valence-electron chi connectivity index (χ0n) is 11.9. The third kappa shape index (κ3) is 3.52. The fourth-order valence-corrected chi connectivity index (χ4v) is 4.25. The zero-order chi connectivity index (χ0) is 14.7. The summed E-state index contributed by atoms with van der Waals surface area (Å²) < 4.78 is 0.783. The molecule has 1 aromatic rings. The molecule has 1 saturated heterocycles. The highest BCUT2D eigenvalue weighted by molar-refractivity contribution is 7.16. The average Bonchev–Trinajstić information content (AvgIpc) is 2.84. The van der Waals surface area contributed by atoms with Gasteiger partial charge in [0.1, 0.15) is 0 Å². The molecule has 0 spiro atoms. The van der Waals surface area contributed by atoms with Crippen molar-refractivity contribution < 1.29 is 4.79 Å². The predicted octanol–water partition coefficient (Wildman–Crippen LogP) is 2.25. The van der Waals surface area contributed by atoms with Crippen molar-refractivity contribution in [3.63, 3.8) is 0 Å². The van der Waals surface area contributed by atoms with Crippen molar-refractivity contribution in [3.8, 4) is 0 Å². The van der Waals surface area contributed by atoms with Gasteiger partial charge in [-0.15, -0.1) is 11.3 Å². The summed E-state index contributed by atoms with van der Waals surface area (Å²) in [7, 11) is 1.70. The van der Waals surface area contributed by atoms with E-state index in [4.69, 9.17) is 17.3 Å². The predicted molar refractivity (Wildman–Crippen MR) is 84.1 cm³/mol. The Morgan fingerprint density at radius 2 is 2.35 bits per heavy atom. The summed E-state index contributed by atoms with van der Waals surface area (Å²) in [5.74, 6) is 0.188. The topological polar surface area (TPSA) is 58.4 Å². The van der Waals surface area contributed by atoms with Crippen LogP contribution < -0.4 is 11.1 Å². The molecular formula is C14H22ClN3OS. The van der Waals surface area contributed by atoms with Crippen molar-refractivity contribution in [1.29, 1.82) is 0 Å². The van der Waals surface area contributed by atoms with Gasteiger partial charge in [-0.2, -0.15) is 0 Å². The second kappa shape index (κ2) is 6.89. The monoisotopic (exact) mass is 315 g/mol. The maximum Gasteiger partial charge on any atom is 0.224 e. The Hall–Kier alpha value is -0.620. The van der Waals surface area contributed by atoms with Crippen LogP contribution in [-0.2, 0) is 4.79 Å². The summed E-state index contributed by atoms with van der Waals surface area (Å²) in [6, 6.07) is 4.11. The van der Waals surface area contributed by atoms with E-state index in [-0.39, 0.29) is 23.9 Å². The minimum Gasteiger partial charge on any atom is -0.359 e. The molecule has 6 heteroatoms. The SMILES string of the molecule is CNC(=O)C1CCCN(C(c2ccc(Cl)s2)C(C)N)C1. The van der Waals surface area contributed by atoms with Crippen LogP contribution in [0.5, 0.6) is 0 Å². The van der Waals surface area contributed by atoms with Gasteiger partial charge in [-0.3, -0.25) is 9.69 Å². The molecule has 0 bridgehead atoms. The molecule has 1 aliphatic rings. The minimum absolute atomic E-state index is 0.00755. The lowest BCUT2D eigenvalue weighted by Crippen LogP contribution is -2.47. The number of rotatable bonds is 4. The van der Waals surface area contributed by atoms with E-state index in [9.17, 15) is 4.79 Å². The number of thiophene rings is 1. The molecule has 1 amide bonds. The van der Waals surface area contributed by atoms with Crippen LogP contribution in [0.15, 0.2) is 12.1 Å². The van der Waals surface area contributed by atoms with Gasteiger partial charge in [0.05, 0.1) is 16.3 Å². The highest BCUT2D eigenvalue weighted by atomic mass is 35.5. The smallest absolute Gasteiger partial charge is 0.224 e. The Kier molecular flexibility index (Phi) is 5.43. The maximum atomic E-state index is 11.9. The Morgan fingerprint density at radius 1 is 1.60 bits per heavy atom. The number of nitrogens with zero attached hydrogens (tertiary/aromatic N) is 1. The van der Waals surface area contributed by atoms with E-state index in [0.29, 0.717) is 0 Å². The number of likely N-dealkylation sites (tertiary alicyclic amines) is 1. The first kappa shape index (κ1) is 15.8. The molecule has 0 aromatic carbocycles. The Balaban J connectivity index is 2.15. The van der Waals surface area contributed by atoms with Crippen molar-refractivity contribution in [1.82, 2.24) is 10.2 Å². The van der Waals surface area contributed by atoms with E-state index in [1.54, 1.807) is 18.4 Å². The van der Waals surface area contributed by atoms with E-state index in [0.717, 1.165) is 30.3 Å². The fourth-order valence-electron chi connectivity index (χ4n) is 2.94. The van der Waals surface area contributed by atoms with E-state index >= 15 is 0 Å². The highest BCUT2D eigenvalue weighted by Gasteiger charge is 2.32. The molecule has 112 valence electrons. The first-order valence-corrected chi connectivity index (χ1v) is 8.19. The Bertz CT molecular complexity index is 463. The number of halogens is 1. The molecule has 1 fully saturated rings. The van der Waals surface area contributed by atoms with Gasteiger partial charge in [-0.25, -0.2) is 0 Å². The molecule has 3 N–H and O–H groups in total. The third-order valence-electron chi connectivity index (χ3n) is 3.85. The standard InChI is InChI=1S/C14H22ClN3OS/c1-9(16)13(11-5-6-12(15)20-11)18-7-3-4-10(8-18)14(19)17-2/h5-6,9-10,13H,3-4,7-8,16H2,1-2H3,(H,17,19). The van der Waals surface area contributed by atoms with Crippen molar-refractivity contribution in [2.75, 3.05) is 20.1 Å². The van der Waals surface area contributed by atoms with E-state index in [1.165, 1.54) is 4.88 Å². The molecule has 0 aliphatic carbocycles. The lowest BCUT2D eigenvalue weighted by Gasteiger charge is -2.39. The van der Waals surface area contributed by atoms with Crippen LogP contribution in [0.25, 0.3) is 0 Å². The number of nitrogens with one attached hydrogen (secondary N) is 1. The van der Waals surface area contributed by atoms with E-state index in [2.05, 4.69) is 10.2 Å². The summed E-state index contributed by atoms with van der Waals surface area (Å²) in [4.78, 5) is 15.4. The molecule has 4 nitrogen and oxygen atoms in total. The molecule has 20 heavy (non-hydrogen) atoms. The van der Waals surface area contributed by atoms with Crippen molar-refractivity contribution in [2.24, 2.45) is 11.7 Å². The summed E-state index contributed by atoms with van der Waals surface area (Å²) >= 11 is 7.62. The molecule has 3 atom stereocenters. The highest BCUT2D eigenvalue weighted by Crippen LogP contribution is 2.34. The fraction of sp³-hybridized carbons (Fsp3) is 0.643. The minimum atomic E-state index is 0.00755. The largest absolute Gasteiger partial charge is 0.359 e. The number of hydrogen-bond donors (Lipinski definition) is 2. The van der Waals surface area contributed by atoms with Crippen LogP contribution in [0.4, 0.5) is 0 Å². The summed E-state index contributed by atoms with van der Waals surface area (Å²) in [6.07, 6.45) is 1.98. The van der Waals surface area contributed by atoms with E-state index < -0.39 is 0 Å². The van der Waals surface area contributed by atoms with Gasteiger partial charge in [-0.05, 0) is 38.4 Å². The van der Waals surface area contributed by atoms with Gasteiger partial charge in [0.2, 0.25) is 5.91 Å². The maximum absolute atomic E-state index is 11.9. The summed E-state index contributed by atoms with van der Waals surface area (Å²) in [5, 5.41) is 2.75. The molecule has 1 aromatic heterocycles. The van der Waals surface area contributed by atoms with E-state index in [1.807, 2.05) is 19.1 Å². The first-order chi connectivity index (χ1) is 9.52. The van der Waals surface area contributed by atoms with Crippen molar-refractivity contribution >= 4 is 28.8 Å². The van der Waals surface area contributed by atoms with Crippen LogP contribution in [-0.4, -0.2) is 37.0 Å². The first-order valence-electron chi connectivity index (χ1n) is 6.99. The average molecular weight is 316 g/mol. The van der Waals surface area contributed by atoms with Gasteiger partial charge in [0.15, 0.2) is 0 Å². The summed E-state index contributed by atoms with van der Waals surface area (Å²) in [5.41, 5.74) is 6.18. The van der Waals surface area contributed by atoms with Crippen molar-refractivity contribution in [3.05, 3.63) is 21.3 Å². The van der Waals surface area contributed by atoms with Gasteiger partial charge in [-0.1, -0.05) is 11.6 Å². The number of nitrogens with two attached hydrogens (primary N) is 1. The van der Waals surface area contributed by atoms with Crippen LogP contribution in [0.1, 0.15) is 30.7 Å². The molecule has 1 aliphatic heterocycles. The number of amides is 1. The van der Waals surface area contributed by atoms with Gasteiger partial charge in [0.25, 0.3) is 0 Å². The van der Waals surface area contributed by atoms with Gasteiger partial charge in [0, 0.05) is 24.5 Å². The summed E-state index contributed by atoms with van der Waals surface area (Å²) in [6.45, 7) is 3.76. The van der Waals surface area contributed by atoms with Gasteiger partial charge < -0.3 is 11.1 Å². The van der Waals surface area contributed by atoms with Crippen LogP contribution >= 0.6 is 22.9 Å². The quantitative estimate of drug-likeness (QED) is 0.896. The van der Waals surface area contributed by atoms with Gasteiger partial charge >= 0.3 is 0 Å². The zero-order valence-corrected chi connectivity index (χ0v) is 13.5. The molecule has 2 heterocycles. The molecule has 3 unspecified atom stereocenters. The molecule has 0 saturated carbocycles. The van der Waals surface area contributed by atoms with Crippen LogP contribution in [0.2, 0.25) is 4.34 Å². The van der Waals surface area contributed by atoms with Crippen molar-refractivity contribution in [2.45, 2.75) is 31.8 Å². The Morgan fingerprint density at radius 3 is 2.90 bits per heavy atom. The number of carbonyl (C=O) groups is 1. The number of piperidine rings is 1. The normalized spacial score (nSPS) is 23.3. The molecule has 2 rings (SSSR count).